The van der Waals surface area contributed by atoms with Crippen LogP contribution < -0.4 is 10.1 Å². The van der Waals surface area contributed by atoms with E-state index in [1.165, 1.54) is 0 Å². The van der Waals surface area contributed by atoms with Gasteiger partial charge in [-0.05, 0) is 25.5 Å². The lowest BCUT2D eigenvalue weighted by atomic mass is 10.2. The minimum Gasteiger partial charge on any atom is -0.481 e. The molecule has 0 aromatic carbocycles. The van der Waals surface area contributed by atoms with Crippen molar-refractivity contribution in [2.75, 3.05) is 33.3 Å². The molecule has 0 saturated carbocycles. The summed E-state index contributed by atoms with van der Waals surface area (Å²) in [6.45, 7) is 7.12. The molecule has 9 heteroatoms. The second-order valence-corrected chi connectivity index (χ2v) is 6.24. The molecule has 1 saturated heterocycles. The van der Waals surface area contributed by atoms with E-state index in [0.29, 0.717) is 37.2 Å². The molecule has 1 fully saturated rings. The zero-order valence-corrected chi connectivity index (χ0v) is 15.3. The highest BCUT2D eigenvalue weighted by molar-refractivity contribution is 5.74. The lowest BCUT2D eigenvalue weighted by Crippen LogP contribution is -2.52. The van der Waals surface area contributed by atoms with Crippen molar-refractivity contribution in [1.82, 2.24) is 30.2 Å². The number of piperazine rings is 1. The third-order valence-electron chi connectivity index (χ3n) is 4.50. The van der Waals surface area contributed by atoms with Crippen molar-refractivity contribution in [3.05, 3.63) is 35.6 Å². The average Bonchev–Trinajstić information content (AvgIpc) is 3.12. The number of carbonyl (C=O) groups is 1. The molecule has 26 heavy (non-hydrogen) atoms. The first kappa shape index (κ1) is 18.1. The predicted molar refractivity (Wildman–Crippen MR) is 93.6 cm³/mol. The SMILES string of the molecule is COc1cc(CNC(=O)N2CCN(C(C)c3nc(C)no3)CC2)ccn1. The molecular weight excluding hydrogens is 336 g/mol. The van der Waals surface area contributed by atoms with Crippen LogP contribution in [0.1, 0.15) is 30.2 Å². The summed E-state index contributed by atoms with van der Waals surface area (Å²) in [5.41, 5.74) is 0.948. The zero-order valence-electron chi connectivity index (χ0n) is 15.3. The summed E-state index contributed by atoms with van der Waals surface area (Å²) in [7, 11) is 1.57. The van der Waals surface area contributed by atoms with Crippen LogP contribution in [0.2, 0.25) is 0 Å². The van der Waals surface area contributed by atoms with E-state index >= 15 is 0 Å². The van der Waals surface area contributed by atoms with E-state index in [2.05, 4.69) is 25.3 Å². The minimum absolute atomic E-state index is 0.0469. The topological polar surface area (TPSA) is 96.6 Å². The Balaban J connectivity index is 1.47. The second-order valence-electron chi connectivity index (χ2n) is 6.24. The quantitative estimate of drug-likeness (QED) is 0.860. The van der Waals surface area contributed by atoms with Crippen molar-refractivity contribution in [2.24, 2.45) is 0 Å². The highest BCUT2D eigenvalue weighted by Gasteiger charge is 2.27. The monoisotopic (exact) mass is 360 g/mol. The molecule has 0 spiro atoms. The molecule has 2 aromatic rings. The number of aromatic nitrogens is 3. The van der Waals surface area contributed by atoms with E-state index in [0.717, 1.165) is 18.7 Å². The Morgan fingerprint density at radius 1 is 1.38 bits per heavy atom. The molecule has 0 radical (unpaired) electrons. The van der Waals surface area contributed by atoms with Gasteiger partial charge in [-0.25, -0.2) is 9.78 Å². The first-order chi connectivity index (χ1) is 12.6. The molecule has 1 unspecified atom stereocenters. The third-order valence-corrected chi connectivity index (χ3v) is 4.50. The van der Waals surface area contributed by atoms with E-state index < -0.39 is 0 Å². The molecular formula is C17H24N6O3. The van der Waals surface area contributed by atoms with Gasteiger partial charge in [0.25, 0.3) is 0 Å². The van der Waals surface area contributed by atoms with Gasteiger partial charge in [0.05, 0.1) is 13.2 Å². The first-order valence-electron chi connectivity index (χ1n) is 8.63. The molecule has 2 amide bonds. The molecule has 3 heterocycles. The number of pyridine rings is 1. The van der Waals surface area contributed by atoms with Crippen LogP contribution in [0, 0.1) is 6.92 Å². The van der Waals surface area contributed by atoms with Crippen LogP contribution in [-0.4, -0.2) is 64.2 Å². The summed E-state index contributed by atoms with van der Waals surface area (Å²) in [4.78, 5) is 24.8. The Labute approximate surface area is 152 Å². The van der Waals surface area contributed by atoms with Gasteiger partial charge < -0.3 is 19.5 Å². The summed E-state index contributed by atoms with van der Waals surface area (Å²) in [6, 6.07) is 3.65. The number of amides is 2. The van der Waals surface area contributed by atoms with E-state index in [9.17, 15) is 4.79 Å². The average molecular weight is 360 g/mol. The van der Waals surface area contributed by atoms with Gasteiger partial charge in [0.1, 0.15) is 0 Å². The van der Waals surface area contributed by atoms with Gasteiger partial charge in [0, 0.05) is 45.0 Å². The smallest absolute Gasteiger partial charge is 0.317 e. The van der Waals surface area contributed by atoms with Gasteiger partial charge in [-0.1, -0.05) is 5.16 Å². The summed E-state index contributed by atoms with van der Waals surface area (Å²) < 4.78 is 10.3. The molecule has 1 aliphatic rings. The van der Waals surface area contributed by atoms with Crippen LogP contribution in [0.25, 0.3) is 0 Å². The fraction of sp³-hybridized carbons (Fsp3) is 0.529. The predicted octanol–water partition coefficient (Wildman–Crippen LogP) is 1.37. The molecule has 3 rings (SSSR count). The Hall–Kier alpha value is -2.68. The minimum atomic E-state index is -0.0679. The maximum Gasteiger partial charge on any atom is 0.317 e. The van der Waals surface area contributed by atoms with Gasteiger partial charge in [-0.15, -0.1) is 0 Å². The summed E-state index contributed by atoms with van der Waals surface area (Å²) in [5, 5.41) is 6.78. The third kappa shape index (κ3) is 4.29. The molecule has 2 aromatic heterocycles. The summed E-state index contributed by atoms with van der Waals surface area (Å²) in [5.74, 6) is 1.79. The van der Waals surface area contributed by atoms with Gasteiger partial charge >= 0.3 is 6.03 Å². The molecule has 1 atom stereocenters. The van der Waals surface area contributed by atoms with Crippen molar-refractivity contribution in [3.63, 3.8) is 0 Å². The zero-order chi connectivity index (χ0) is 18.5. The Morgan fingerprint density at radius 2 is 2.15 bits per heavy atom. The largest absolute Gasteiger partial charge is 0.481 e. The fourth-order valence-corrected chi connectivity index (χ4v) is 2.91. The number of hydrogen-bond acceptors (Lipinski definition) is 7. The number of hydrogen-bond donors (Lipinski definition) is 1. The van der Waals surface area contributed by atoms with Crippen LogP contribution >= 0.6 is 0 Å². The molecule has 0 bridgehead atoms. The van der Waals surface area contributed by atoms with Crippen molar-refractivity contribution in [2.45, 2.75) is 26.4 Å². The highest BCUT2D eigenvalue weighted by Crippen LogP contribution is 2.20. The number of carbonyl (C=O) groups excluding carboxylic acids is 1. The van der Waals surface area contributed by atoms with E-state index in [1.54, 1.807) is 20.2 Å². The van der Waals surface area contributed by atoms with Gasteiger partial charge in [-0.2, -0.15) is 4.98 Å². The Bertz CT molecular complexity index is 742. The van der Waals surface area contributed by atoms with Gasteiger partial charge in [-0.3, -0.25) is 4.90 Å². The maximum atomic E-state index is 12.4. The summed E-state index contributed by atoms with van der Waals surface area (Å²) >= 11 is 0. The molecule has 0 aliphatic carbocycles. The number of nitrogens with zero attached hydrogens (tertiary/aromatic N) is 5. The van der Waals surface area contributed by atoms with Crippen LogP contribution in [0.5, 0.6) is 5.88 Å². The standard InChI is InChI=1S/C17H24N6O3/c1-12(16-20-13(2)21-26-16)22-6-8-23(9-7-22)17(24)19-11-14-4-5-18-15(10-14)25-3/h4-5,10,12H,6-9,11H2,1-3H3,(H,19,24). The van der Waals surface area contributed by atoms with Crippen molar-refractivity contribution >= 4 is 6.03 Å². The lowest BCUT2D eigenvalue weighted by Gasteiger charge is -2.36. The maximum absolute atomic E-state index is 12.4. The summed E-state index contributed by atoms with van der Waals surface area (Å²) in [6.07, 6.45) is 1.67. The van der Waals surface area contributed by atoms with Crippen LogP contribution in [0.3, 0.4) is 0 Å². The number of methoxy groups -OCH3 is 1. The van der Waals surface area contributed by atoms with Crippen molar-refractivity contribution in [3.8, 4) is 5.88 Å². The Kier molecular flexibility index (Phi) is 5.67. The molecule has 1 N–H and O–H groups in total. The number of urea groups is 1. The van der Waals surface area contributed by atoms with Crippen molar-refractivity contribution < 1.29 is 14.1 Å². The van der Waals surface area contributed by atoms with Crippen LogP contribution in [0.4, 0.5) is 4.79 Å². The number of rotatable bonds is 5. The number of aryl methyl sites for hydroxylation is 1. The van der Waals surface area contributed by atoms with Crippen LogP contribution in [-0.2, 0) is 6.54 Å². The Morgan fingerprint density at radius 3 is 2.81 bits per heavy atom. The van der Waals surface area contributed by atoms with E-state index in [-0.39, 0.29) is 12.1 Å². The van der Waals surface area contributed by atoms with Gasteiger partial charge in [0.2, 0.25) is 11.8 Å². The fourth-order valence-electron chi connectivity index (χ4n) is 2.91. The molecule has 1 aliphatic heterocycles. The normalized spacial score (nSPS) is 16.3. The van der Waals surface area contributed by atoms with Crippen molar-refractivity contribution in [1.29, 1.82) is 0 Å². The first-order valence-corrected chi connectivity index (χ1v) is 8.63. The lowest BCUT2D eigenvalue weighted by molar-refractivity contribution is 0.0999. The van der Waals surface area contributed by atoms with E-state index in [1.807, 2.05) is 24.0 Å². The second kappa shape index (κ2) is 8.13. The van der Waals surface area contributed by atoms with E-state index in [4.69, 9.17) is 9.26 Å². The molecule has 9 nitrogen and oxygen atoms in total. The highest BCUT2D eigenvalue weighted by atomic mass is 16.5. The molecule has 140 valence electrons. The van der Waals surface area contributed by atoms with Crippen LogP contribution in [0.15, 0.2) is 22.9 Å². The number of ether oxygens (including phenoxy) is 1. The van der Waals surface area contributed by atoms with Gasteiger partial charge in [0.15, 0.2) is 5.82 Å². The number of nitrogens with one attached hydrogen (secondary N) is 1.